The van der Waals surface area contributed by atoms with E-state index in [-0.39, 0.29) is 5.92 Å². The van der Waals surface area contributed by atoms with E-state index in [0.717, 1.165) is 5.76 Å². The van der Waals surface area contributed by atoms with Crippen molar-refractivity contribution in [2.24, 2.45) is 5.73 Å². The molecule has 90 valence electrons. The summed E-state index contributed by atoms with van der Waals surface area (Å²) in [5, 5.41) is 0.361. The SMILES string of the molecule is NCC(COc1cccnc1)c1ccc(Cl)o1. The normalized spacial score (nSPS) is 12.4. The molecule has 0 bridgehead atoms. The largest absolute Gasteiger partial charge is 0.491 e. The van der Waals surface area contributed by atoms with Crippen LogP contribution in [-0.2, 0) is 0 Å². The average Bonchev–Trinajstić information content (AvgIpc) is 2.78. The first kappa shape index (κ1) is 12.0. The van der Waals surface area contributed by atoms with Crippen molar-refractivity contribution in [1.29, 1.82) is 0 Å². The van der Waals surface area contributed by atoms with Crippen LogP contribution in [0.4, 0.5) is 0 Å². The lowest BCUT2D eigenvalue weighted by atomic mass is 10.1. The number of halogens is 1. The van der Waals surface area contributed by atoms with E-state index in [1.807, 2.05) is 18.2 Å². The lowest BCUT2D eigenvalue weighted by molar-refractivity contribution is 0.272. The monoisotopic (exact) mass is 252 g/mol. The third kappa shape index (κ3) is 3.22. The molecule has 2 aromatic heterocycles. The van der Waals surface area contributed by atoms with Crippen LogP contribution in [-0.4, -0.2) is 18.1 Å². The Morgan fingerprint density at radius 2 is 2.29 bits per heavy atom. The molecule has 0 radical (unpaired) electrons. The standard InChI is InChI=1S/C12H13ClN2O2/c13-12-4-3-11(17-12)9(6-14)8-16-10-2-1-5-15-7-10/h1-5,7,9H,6,8,14H2. The second-order valence-corrected chi connectivity index (χ2v) is 3.95. The van der Waals surface area contributed by atoms with E-state index in [0.29, 0.717) is 24.1 Å². The molecular weight excluding hydrogens is 240 g/mol. The molecule has 2 heterocycles. The number of aromatic nitrogens is 1. The van der Waals surface area contributed by atoms with E-state index >= 15 is 0 Å². The van der Waals surface area contributed by atoms with E-state index in [2.05, 4.69) is 4.98 Å². The fourth-order valence-electron chi connectivity index (χ4n) is 1.44. The van der Waals surface area contributed by atoms with Gasteiger partial charge < -0.3 is 14.9 Å². The summed E-state index contributed by atoms with van der Waals surface area (Å²) < 4.78 is 10.9. The van der Waals surface area contributed by atoms with Crippen molar-refractivity contribution in [3.8, 4) is 5.75 Å². The molecule has 0 saturated heterocycles. The number of hydrogen-bond acceptors (Lipinski definition) is 4. The van der Waals surface area contributed by atoms with Gasteiger partial charge in [0.25, 0.3) is 0 Å². The minimum Gasteiger partial charge on any atom is -0.491 e. The molecule has 4 nitrogen and oxygen atoms in total. The van der Waals surface area contributed by atoms with Gasteiger partial charge in [0.2, 0.25) is 0 Å². The van der Waals surface area contributed by atoms with Crippen molar-refractivity contribution in [1.82, 2.24) is 4.98 Å². The molecule has 17 heavy (non-hydrogen) atoms. The Morgan fingerprint density at radius 3 is 2.88 bits per heavy atom. The minimum atomic E-state index is -0.0114. The molecule has 1 atom stereocenters. The van der Waals surface area contributed by atoms with E-state index in [9.17, 15) is 0 Å². The maximum Gasteiger partial charge on any atom is 0.193 e. The van der Waals surface area contributed by atoms with Crippen molar-refractivity contribution in [2.45, 2.75) is 5.92 Å². The van der Waals surface area contributed by atoms with E-state index < -0.39 is 0 Å². The molecule has 2 aromatic rings. The predicted octanol–water partition coefficient (Wildman–Crippen LogP) is 2.45. The van der Waals surface area contributed by atoms with E-state index in [1.54, 1.807) is 18.5 Å². The highest BCUT2D eigenvalue weighted by Crippen LogP contribution is 2.22. The summed E-state index contributed by atoms with van der Waals surface area (Å²) in [4.78, 5) is 3.96. The first-order valence-corrected chi connectivity index (χ1v) is 5.65. The molecule has 0 fully saturated rings. The van der Waals surface area contributed by atoms with Crippen LogP contribution < -0.4 is 10.5 Å². The third-order valence-electron chi connectivity index (χ3n) is 2.37. The number of ether oxygens (including phenoxy) is 1. The number of furan rings is 1. The summed E-state index contributed by atoms with van der Waals surface area (Å²) in [5.41, 5.74) is 5.68. The Labute approximate surface area is 104 Å². The Hall–Kier alpha value is -1.52. The van der Waals surface area contributed by atoms with Crippen molar-refractivity contribution >= 4 is 11.6 Å². The summed E-state index contributed by atoms with van der Waals surface area (Å²) in [6.07, 6.45) is 3.35. The molecule has 1 unspecified atom stereocenters. The molecule has 0 aliphatic rings. The molecule has 0 aliphatic heterocycles. The molecule has 0 saturated carbocycles. The molecule has 0 aromatic carbocycles. The van der Waals surface area contributed by atoms with Crippen LogP contribution in [0.3, 0.4) is 0 Å². The lowest BCUT2D eigenvalue weighted by Crippen LogP contribution is -2.19. The Morgan fingerprint density at radius 1 is 1.41 bits per heavy atom. The lowest BCUT2D eigenvalue weighted by Gasteiger charge is -2.13. The number of nitrogens with zero attached hydrogens (tertiary/aromatic N) is 1. The van der Waals surface area contributed by atoms with Gasteiger partial charge in [0.05, 0.1) is 18.7 Å². The molecule has 2 rings (SSSR count). The zero-order valence-corrected chi connectivity index (χ0v) is 9.93. The molecule has 2 N–H and O–H groups in total. The molecule has 0 spiro atoms. The highest BCUT2D eigenvalue weighted by Gasteiger charge is 2.14. The Bertz CT molecular complexity index is 459. The maximum atomic E-state index is 5.72. The molecule has 0 aliphatic carbocycles. The van der Waals surface area contributed by atoms with Crippen LogP contribution in [0.15, 0.2) is 41.1 Å². The van der Waals surface area contributed by atoms with Crippen LogP contribution >= 0.6 is 11.6 Å². The number of hydrogen-bond donors (Lipinski definition) is 1. The van der Waals surface area contributed by atoms with Gasteiger partial charge in [-0.3, -0.25) is 4.98 Å². The quantitative estimate of drug-likeness (QED) is 0.888. The van der Waals surface area contributed by atoms with Crippen LogP contribution in [0.5, 0.6) is 5.75 Å². The van der Waals surface area contributed by atoms with Gasteiger partial charge in [0.1, 0.15) is 11.5 Å². The fourth-order valence-corrected chi connectivity index (χ4v) is 1.60. The van der Waals surface area contributed by atoms with Crippen LogP contribution in [0, 0.1) is 0 Å². The van der Waals surface area contributed by atoms with Crippen molar-refractivity contribution in [2.75, 3.05) is 13.2 Å². The summed E-state index contributed by atoms with van der Waals surface area (Å²) in [6, 6.07) is 7.17. The highest BCUT2D eigenvalue weighted by atomic mass is 35.5. The first-order valence-electron chi connectivity index (χ1n) is 5.27. The molecular formula is C12H13ClN2O2. The van der Waals surface area contributed by atoms with Gasteiger partial charge >= 0.3 is 0 Å². The van der Waals surface area contributed by atoms with Gasteiger partial charge in [0.15, 0.2) is 5.22 Å². The average molecular weight is 253 g/mol. The third-order valence-corrected chi connectivity index (χ3v) is 2.57. The van der Waals surface area contributed by atoms with Crippen LogP contribution in [0.1, 0.15) is 11.7 Å². The van der Waals surface area contributed by atoms with Gasteiger partial charge in [-0.05, 0) is 35.9 Å². The van der Waals surface area contributed by atoms with E-state index in [1.165, 1.54) is 0 Å². The zero-order chi connectivity index (χ0) is 12.1. The zero-order valence-electron chi connectivity index (χ0n) is 9.17. The van der Waals surface area contributed by atoms with Crippen LogP contribution in [0.2, 0.25) is 5.22 Å². The maximum absolute atomic E-state index is 5.72. The van der Waals surface area contributed by atoms with E-state index in [4.69, 9.17) is 26.5 Å². The van der Waals surface area contributed by atoms with Gasteiger partial charge in [-0.2, -0.15) is 0 Å². The van der Waals surface area contributed by atoms with Gasteiger partial charge in [-0.1, -0.05) is 0 Å². The van der Waals surface area contributed by atoms with Crippen molar-refractivity contribution in [3.05, 3.63) is 47.6 Å². The van der Waals surface area contributed by atoms with Crippen LogP contribution in [0.25, 0.3) is 0 Å². The van der Waals surface area contributed by atoms with Gasteiger partial charge in [-0.25, -0.2) is 0 Å². The topological polar surface area (TPSA) is 61.3 Å². The first-order chi connectivity index (χ1) is 8.29. The molecule has 5 heteroatoms. The Kier molecular flexibility index (Phi) is 4.01. The second-order valence-electron chi connectivity index (χ2n) is 3.57. The van der Waals surface area contributed by atoms with Gasteiger partial charge in [-0.15, -0.1) is 0 Å². The minimum absolute atomic E-state index is 0.0114. The van der Waals surface area contributed by atoms with Crippen molar-refractivity contribution < 1.29 is 9.15 Å². The summed E-state index contributed by atoms with van der Waals surface area (Å²) in [5.74, 6) is 1.44. The summed E-state index contributed by atoms with van der Waals surface area (Å²) in [7, 11) is 0. The summed E-state index contributed by atoms with van der Waals surface area (Å²) in [6.45, 7) is 0.871. The fraction of sp³-hybridized carbons (Fsp3) is 0.250. The summed E-state index contributed by atoms with van der Waals surface area (Å²) >= 11 is 5.72. The predicted molar refractivity (Wildman–Crippen MR) is 65.2 cm³/mol. The number of nitrogens with two attached hydrogens (primary N) is 1. The molecule has 0 amide bonds. The van der Waals surface area contributed by atoms with Crippen molar-refractivity contribution in [3.63, 3.8) is 0 Å². The number of pyridine rings is 1. The second kappa shape index (κ2) is 5.70. The number of rotatable bonds is 5. The highest BCUT2D eigenvalue weighted by molar-refractivity contribution is 6.28. The smallest absolute Gasteiger partial charge is 0.193 e. The Balaban J connectivity index is 1.97. The van der Waals surface area contributed by atoms with Gasteiger partial charge in [0, 0.05) is 12.7 Å².